The number of carbonyl (C=O) groups is 1. The lowest BCUT2D eigenvalue weighted by molar-refractivity contribution is -0.135. The molecule has 2 atom stereocenters. The molecule has 5 heteroatoms. The Bertz CT molecular complexity index is 484. The fourth-order valence-electron chi connectivity index (χ4n) is 2.33. The highest BCUT2D eigenvalue weighted by molar-refractivity contribution is 7.09. The van der Waals surface area contributed by atoms with E-state index in [-0.39, 0.29) is 17.9 Å². The van der Waals surface area contributed by atoms with Gasteiger partial charge in [0.2, 0.25) is 5.91 Å². The van der Waals surface area contributed by atoms with Gasteiger partial charge in [0.1, 0.15) is 11.1 Å². The Morgan fingerprint density at radius 3 is 3.05 bits per heavy atom. The van der Waals surface area contributed by atoms with E-state index < -0.39 is 0 Å². The van der Waals surface area contributed by atoms with Crippen molar-refractivity contribution in [2.24, 2.45) is 5.92 Å². The minimum atomic E-state index is 0.0123. The van der Waals surface area contributed by atoms with Crippen LogP contribution >= 0.6 is 11.3 Å². The number of hydrogen-bond acceptors (Lipinski definition) is 4. The molecule has 20 heavy (non-hydrogen) atoms. The summed E-state index contributed by atoms with van der Waals surface area (Å²) < 4.78 is 5.26. The minimum Gasteiger partial charge on any atom is -0.375 e. The molecule has 0 aromatic carbocycles. The number of methoxy groups -OCH3 is 1. The van der Waals surface area contributed by atoms with E-state index in [1.807, 2.05) is 19.4 Å². The molecule has 0 fully saturated rings. The number of nitrogens with zero attached hydrogens (tertiary/aromatic N) is 2. The molecule has 4 nitrogen and oxygen atoms in total. The quantitative estimate of drug-likeness (QED) is 0.783. The number of amides is 1. The predicted molar refractivity (Wildman–Crippen MR) is 80.5 cm³/mol. The largest absolute Gasteiger partial charge is 0.375 e. The van der Waals surface area contributed by atoms with E-state index in [4.69, 9.17) is 4.74 Å². The number of allylic oxidation sites excluding steroid dienone is 2. The molecule has 1 heterocycles. The van der Waals surface area contributed by atoms with Crippen LogP contribution in [0.3, 0.4) is 0 Å². The number of thiazole rings is 1. The molecule has 1 aliphatic rings. The Morgan fingerprint density at radius 2 is 2.40 bits per heavy atom. The molecule has 1 amide bonds. The van der Waals surface area contributed by atoms with E-state index in [0.29, 0.717) is 6.54 Å². The minimum absolute atomic E-state index is 0.0123. The van der Waals surface area contributed by atoms with Gasteiger partial charge in [0.05, 0.1) is 12.2 Å². The topological polar surface area (TPSA) is 42.4 Å². The number of aromatic nitrogens is 1. The molecule has 0 saturated carbocycles. The first-order chi connectivity index (χ1) is 9.61. The van der Waals surface area contributed by atoms with Gasteiger partial charge in [-0.3, -0.25) is 4.79 Å². The maximum absolute atomic E-state index is 12.3. The predicted octanol–water partition coefficient (Wildman–Crippen LogP) is 3.17. The van der Waals surface area contributed by atoms with Crippen LogP contribution in [0.2, 0.25) is 0 Å². The summed E-state index contributed by atoms with van der Waals surface area (Å²) in [5.41, 5.74) is 0.941. The first-order valence-corrected chi connectivity index (χ1v) is 7.87. The molecule has 110 valence electrons. The van der Waals surface area contributed by atoms with Crippen LogP contribution in [0.1, 0.15) is 43.0 Å². The third-order valence-corrected chi connectivity index (χ3v) is 4.72. The SMILES string of the molecule is CO[C@@H](C)c1nc(CN(C)C(=O)[C@H]2CC=CCC2)cs1. The molecular formula is C15H22N2O2S. The van der Waals surface area contributed by atoms with Crippen molar-refractivity contribution in [1.82, 2.24) is 9.88 Å². The van der Waals surface area contributed by atoms with Crippen molar-refractivity contribution in [1.29, 1.82) is 0 Å². The zero-order valence-corrected chi connectivity index (χ0v) is 13.2. The van der Waals surface area contributed by atoms with Gasteiger partial charge in [-0.05, 0) is 26.2 Å². The lowest BCUT2D eigenvalue weighted by Crippen LogP contribution is -2.33. The standard InChI is InChI=1S/C15H22N2O2S/c1-11(19-3)14-16-13(10-20-14)9-17(2)15(18)12-7-5-4-6-8-12/h4-5,10-12H,6-9H2,1-3H3/t11-,12-/m0/s1. The molecule has 2 rings (SSSR count). The summed E-state index contributed by atoms with van der Waals surface area (Å²) in [5.74, 6) is 0.365. The Morgan fingerprint density at radius 1 is 1.60 bits per heavy atom. The maximum Gasteiger partial charge on any atom is 0.226 e. The molecule has 1 aromatic rings. The van der Waals surface area contributed by atoms with Gasteiger partial charge in [0.15, 0.2) is 0 Å². The second-order valence-electron chi connectivity index (χ2n) is 5.23. The molecule has 0 aliphatic heterocycles. The Labute approximate surface area is 124 Å². The fraction of sp³-hybridized carbons (Fsp3) is 0.600. The van der Waals surface area contributed by atoms with Gasteiger partial charge in [-0.1, -0.05) is 12.2 Å². The van der Waals surface area contributed by atoms with Gasteiger partial charge in [-0.15, -0.1) is 11.3 Å². The van der Waals surface area contributed by atoms with Gasteiger partial charge in [0.25, 0.3) is 0 Å². The van der Waals surface area contributed by atoms with E-state index in [0.717, 1.165) is 30.0 Å². The summed E-state index contributed by atoms with van der Waals surface area (Å²) in [4.78, 5) is 18.7. The third kappa shape index (κ3) is 3.67. The van der Waals surface area contributed by atoms with Crippen LogP contribution in [-0.2, 0) is 16.1 Å². The van der Waals surface area contributed by atoms with Crippen molar-refractivity contribution < 1.29 is 9.53 Å². The number of rotatable bonds is 5. The van der Waals surface area contributed by atoms with E-state index in [1.54, 1.807) is 23.3 Å². The van der Waals surface area contributed by atoms with E-state index in [9.17, 15) is 4.79 Å². The summed E-state index contributed by atoms with van der Waals surface area (Å²) in [6.45, 7) is 2.55. The monoisotopic (exact) mass is 294 g/mol. The fourth-order valence-corrected chi connectivity index (χ4v) is 3.18. The highest BCUT2D eigenvalue weighted by Crippen LogP contribution is 2.23. The summed E-state index contributed by atoms with van der Waals surface area (Å²) in [6, 6.07) is 0. The van der Waals surface area contributed by atoms with E-state index in [1.165, 1.54) is 0 Å². The van der Waals surface area contributed by atoms with Crippen LogP contribution in [0.4, 0.5) is 0 Å². The second kappa shape index (κ2) is 6.99. The van der Waals surface area contributed by atoms with Crippen molar-refractivity contribution >= 4 is 17.2 Å². The van der Waals surface area contributed by atoms with E-state index in [2.05, 4.69) is 17.1 Å². The van der Waals surface area contributed by atoms with Gasteiger partial charge >= 0.3 is 0 Å². The Hall–Kier alpha value is -1.20. The molecule has 0 N–H and O–H groups in total. The molecule has 1 aromatic heterocycles. The molecule has 0 radical (unpaired) electrons. The molecule has 0 bridgehead atoms. The first-order valence-electron chi connectivity index (χ1n) is 6.99. The molecule has 0 unspecified atom stereocenters. The average molecular weight is 294 g/mol. The maximum atomic E-state index is 12.3. The molecule has 0 saturated heterocycles. The zero-order valence-electron chi connectivity index (χ0n) is 12.3. The second-order valence-corrected chi connectivity index (χ2v) is 6.12. The van der Waals surface area contributed by atoms with E-state index >= 15 is 0 Å². The van der Waals surface area contributed by atoms with Crippen LogP contribution < -0.4 is 0 Å². The Kier molecular flexibility index (Phi) is 5.31. The van der Waals surface area contributed by atoms with Gasteiger partial charge < -0.3 is 9.64 Å². The van der Waals surface area contributed by atoms with Crippen LogP contribution in [0.25, 0.3) is 0 Å². The number of carbonyl (C=O) groups excluding carboxylic acids is 1. The number of ether oxygens (including phenoxy) is 1. The highest BCUT2D eigenvalue weighted by Gasteiger charge is 2.22. The summed E-state index contributed by atoms with van der Waals surface area (Å²) >= 11 is 1.59. The summed E-state index contributed by atoms with van der Waals surface area (Å²) in [5, 5.41) is 2.97. The zero-order chi connectivity index (χ0) is 14.5. The summed E-state index contributed by atoms with van der Waals surface area (Å²) in [6.07, 6.45) is 7.12. The lowest BCUT2D eigenvalue weighted by Gasteiger charge is -2.23. The molecular weight excluding hydrogens is 272 g/mol. The number of hydrogen-bond donors (Lipinski definition) is 0. The van der Waals surface area contributed by atoms with Crippen molar-refractivity contribution in [2.45, 2.75) is 38.8 Å². The van der Waals surface area contributed by atoms with Crippen molar-refractivity contribution in [2.75, 3.05) is 14.2 Å². The first kappa shape index (κ1) is 15.2. The molecule has 0 spiro atoms. The van der Waals surface area contributed by atoms with Crippen LogP contribution in [0.15, 0.2) is 17.5 Å². The smallest absolute Gasteiger partial charge is 0.226 e. The van der Waals surface area contributed by atoms with Crippen LogP contribution in [-0.4, -0.2) is 29.9 Å². The highest BCUT2D eigenvalue weighted by atomic mass is 32.1. The van der Waals surface area contributed by atoms with Crippen molar-refractivity contribution in [3.8, 4) is 0 Å². The average Bonchev–Trinajstić information content (AvgIpc) is 2.95. The molecule has 1 aliphatic carbocycles. The third-order valence-electron chi connectivity index (χ3n) is 3.66. The summed E-state index contributed by atoms with van der Waals surface area (Å²) in [7, 11) is 3.54. The van der Waals surface area contributed by atoms with Crippen molar-refractivity contribution in [3.63, 3.8) is 0 Å². The van der Waals surface area contributed by atoms with Crippen molar-refractivity contribution in [3.05, 3.63) is 28.2 Å². The normalized spacial score (nSPS) is 19.9. The van der Waals surface area contributed by atoms with Gasteiger partial charge in [-0.2, -0.15) is 0 Å². The lowest BCUT2D eigenvalue weighted by atomic mass is 9.93. The van der Waals surface area contributed by atoms with Gasteiger partial charge in [-0.25, -0.2) is 4.98 Å². The Balaban J connectivity index is 1.93. The van der Waals surface area contributed by atoms with Gasteiger partial charge in [0, 0.05) is 25.5 Å². The van der Waals surface area contributed by atoms with Crippen LogP contribution in [0.5, 0.6) is 0 Å². The van der Waals surface area contributed by atoms with Crippen LogP contribution in [0, 0.1) is 5.92 Å².